The third-order valence-corrected chi connectivity index (χ3v) is 3.23. The molecule has 1 heterocycles. The Balaban J connectivity index is 2.16. The SMILES string of the molecule is CNCc1ccc(N2CCCC2)cc1Cl. The van der Waals surface area contributed by atoms with Crippen molar-refractivity contribution in [1.29, 1.82) is 0 Å². The van der Waals surface area contributed by atoms with E-state index in [-0.39, 0.29) is 0 Å². The van der Waals surface area contributed by atoms with Crippen LogP contribution in [-0.4, -0.2) is 20.1 Å². The predicted molar refractivity (Wildman–Crippen MR) is 65.7 cm³/mol. The molecule has 1 aliphatic rings. The second kappa shape index (κ2) is 4.86. The maximum Gasteiger partial charge on any atom is 0.0471 e. The molecule has 1 N–H and O–H groups in total. The molecule has 2 nitrogen and oxygen atoms in total. The van der Waals surface area contributed by atoms with Gasteiger partial charge in [-0.2, -0.15) is 0 Å². The quantitative estimate of drug-likeness (QED) is 0.850. The number of hydrogen-bond donors (Lipinski definition) is 1. The number of benzene rings is 1. The van der Waals surface area contributed by atoms with Gasteiger partial charge >= 0.3 is 0 Å². The molecule has 0 aromatic heterocycles. The summed E-state index contributed by atoms with van der Waals surface area (Å²) >= 11 is 6.22. The van der Waals surface area contributed by atoms with E-state index in [2.05, 4.69) is 28.4 Å². The number of rotatable bonds is 3. The van der Waals surface area contributed by atoms with E-state index >= 15 is 0 Å². The molecule has 0 spiro atoms. The van der Waals surface area contributed by atoms with Crippen LogP contribution in [0.25, 0.3) is 0 Å². The van der Waals surface area contributed by atoms with E-state index in [4.69, 9.17) is 11.6 Å². The molecule has 15 heavy (non-hydrogen) atoms. The number of anilines is 1. The van der Waals surface area contributed by atoms with Crippen LogP contribution < -0.4 is 10.2 Å². The van der Waals surface area contributed by atoms with Crippen LogP contribution in [-0.2, 0) is 6.54 Å². The molecule has 0 aliphatic carbocycles. The lowest BCUT2D eigenvalue weighted by molar-refractivity contribution is 0.817. The van der Waals surface area contributed by atoms with Crippen molar-refractivity contribution in [3.05, 3.63) is 28.8 Å². The molecule has 0 amide bonds. The first-order valence-corrected chi connectivity index (χ1v) is 5.87. The molecule has 1 aromatic carbocycles. The standard InChI is InChI=1S/C12H17ClN2/c1-14-9-10-4-5-11(8-12(10)13)15-6-2-3-7-15/h4-5,8,14H,2-3,6-7,9H2,1H3. The maximum atomic E-state index is 6.22. The molecule has 1 saturated heterocycles. The summed E-state index contributed by atoms with van der Waals surface area (Å²) in [6, 6.07) is 6.37. The van der Waals surface area contributed by atoms with Gasteiger partial charge in [0, 0.05) is 30.3 Å². The Bertz CT molecular complexity index is 332. The molecule has 0 radical (unpaired) electrons. The molecular weight excluding hydrogens is 208 g/mol. The summed E-state index contributed by atoms with van der Waals surface area (Å²) in [5, 5.41) is 3.98. The van der Waals surface area contributed by atoms with Crippen LogP contribution in [0.4, 0.5) is 5.69 Å². The second-order valence-electron chi connectivity index (χ2n) is 4.00. The van der Waals surface area contributed by atoms with Gasteiger partial charge in [0.05, 0.1) is 0 Å². The minimum absolute atomic E-state index is 0.832. The number of nitrogens with one attached hydrogen (secondary N) is 1. The molecule has 2 rings (SSSR count). The summed E-state index contributed by atoms with van der Waals surface area (Å²) in [4.78, 5) is 2.40. The second-order valence-corrected chi connectivity index (χ2v) is 4.41. The highest BCUT2D eigenvalue weighted by molar-refractivity contribution is 6.31. The Hall–Kier alpha value is -0.730. The molecule has 3 heteroatoms. The molecule has 0 bridgehead atoms. The van der Waals surface area contributed by atoms with Crippen LogP contribution in [0.15, 0.2) is 18.2 Å². The molecule has 1 aliphatic heterocycles. The first kappa shape index (κ1) is 10.8. The van der Waals surface area contributed by atoms with Gasteiger partial charge in [-0.15, -0.1) is 0 Å². The predicted octanol–water partition coefficient (Wildman–Crippen LogP) is 2.66. The van der Waals surface area contributed by atoms with Crippen LogP contribution in [0.5, 0.6) is 0 Å². The lowest BCUT2D eigenvalue weighted by Gasteiger charge is -2.18. The average Bonchev–Trinajstić information content (AvgIpc) is 2.74. The smallest absolute Gasteiger partial charge is 0.0471 e. The van der Waals surface area contributed by atoms with Gasteiger partial charge in [0.1, 0.15) is 0 Å². The third-order valence-electron chi connectivity index (χ3n) is 2.88. The van der Waals surface area contributed by atoms with E-state index in [1.54, 1.807) is 0 Å². The van der Waals surface area contributed by atoms with Crippen LogP contribution in [0, 0.1) is 0 Å². The van der Waals surface area contributed by atoms with Gasteiger partial charge in [0.15, 0.2) is 0 Å². The lowest BCUT2D eigenvalue weighted by atomic mass is 10.2. The van der Waals surface area contributed by atoms with Crippen molar-refractivity contribution >= 4 is 17.3 Å². The van der Waals surface area contributed by atoms with Gasteiger partial charge < -0.3 is 10.2 Å². The zero-order valence-electron chi connectivity index (χ0n) is 9.09. The first-order valence-electron chi connectivity index (χ1n) is 5.49. The molecule has 82 valence electrons. The normalized spacial score (nSPS) is 16.0. The van der Waals surface area contributed by atoms with Crippen molar-refractivity contribution in [2.24, 2.45) is 0 Å². The van der Waals surface area contributed by atoms with Crippen molar-refractivity contribution in [2.45, 2.75) is 19.4 Å². The van der Waals surface area contributed by atoms with Crippen molar-refractivity contribution in [3.63, 3.8) is 0 Å². The van der Waals surface area contributed by atoms with E-state index in [0.29, 0.717) is 0 Å². The molecule has 0 atom stereocenters. The maximum absolute atomic E-state index is 6.22. The first-order chi connectivity index (χ1) is 7.31. The van der Waals surface area contributed by atoms with Gasteiger partial charge in [0.25, 0.3) is 0 Å². The van der Waals surface area contributed by atoms with E-state index in [1.165, 1.54) is 37.2 Å². The highest BCUT2D eigenvalue weighted by atomic mass is 35.5. The fourth-order valence-corrected chi connectivity index (χ4v) is 2.28. The van der Waals surface area contributed by atoms with Gasteiger partial charge in [-0.1, -0.05) is 17.7 Å². The molecule has 1 aromatic rings. The monoisotopic (exact) mass is 224 g/mol. The van der Waals surface area contributed by atoms with Gasteiger partial charge in [-0.3, -0.25) is 0 Å². The highest BCUT2D eigenvalue weighted by Gasteiger charge is 2.13. The van der Waals surface area contributed by atoms with Gasteiger partial charge in [-0.25, -0.2) is 0 Å². The summed E-state index contributed by atoms with van der Waals surface area (Å²) in [6.07, 6.45) is 2.60. The van der Waals surface area contributed by atoms with Gasteiger partial charge in [0.2, 0.25) is 0 Å². The van der Waals surface area contributed by atoms with Crippen molar-refractivity contribution in [1.82, 2.24) is 5.32 Å². The molecule has 1 fully saturated rings. The van der Waals surface area contributed by atoms with Crippen LogP contribution in [0.3, 0.4) is 0 Å². The molecule has 0 unspecified atom stereocenters. The summed E-state index contributed by atoms with van der Waals surface area (Å²) < 4.78 is 0. The van der Waals surface area contributed by atoms with Crippen molar-refractivity contribution in [3.8, 4) is 0 Å². The zero-order chi connectivity index (χ0) is 10.7. The Labute approximate surface area is 96.2 Å². The molecular formula is C12H17ClN2. The highest BCUT2D eigenvalue weighted by Crippen LogP contribution is 2.26. The molecule has 0 saturated carbocycles. The zero-order valence-corrected chi connectivity index (χ0v) is 9.85. The summed E-state index contributed by atoms with van der Waals surface area (Å²) in [6.45, 7) is 3.17. The number of nitrogens with zero attached hydrogens (tertiary/aromatic N) is 1. The Morgan fingerprint density at radius 1 is 1.33 bits per heavy atom. The largest absolute Gasteiger partial charge is 0.371 e. The summed E-state index contributed by atoms with van der Waals surface area (Å²) in [7, 11) is 1.94. The average molecular weight is 225 g/mol. The van der Waals surface area contributed by atoms with Crippen molar-refractivity contribution in [2.75, 3.05) is 25.0 Å². The Morgan fingerprint density at radius 2 is 2.07 bits per heavy atom. The van der Waals surface area contributed by atoms with E-state index in [9.17, 15) is 0 Å². The minimum Gasteiger partial charge on any atom is -0.371 e. The number of halogens is 1. The van der Waals surface area contributed by atoms with E-state index < -0.39 is 0 Å². The topological polar surface area (TPSA) is 15.3 Å². The Kier molecular flexibility index (Phi) is 3.49. The van der Waals surface area contributed by atoms with E-state index in [0.717, 1.165) is 11.6 Å². The van der Waals surface area contributed by atoms with Gasteiger partial charge in [-0.05, 0) is 37.6 Å². The fourth-order valence-electron chi connectivity index (χ4n) is 2.04. The van der Waals surface area contributed by atoms with E-state index in [1.807, 2.05) is 7.05 Å². The Morgan fingerprint density at radius 3 is 2.67 bits per heavy atom. The lowest BCUT2D eigenvalue weighted by Crippen LogP contribution is -2.17. The van der Waals surface area contributed by atoms with Crippen LogP contribution >= 0.6 is 11.6 Å². The van der Waals surface area contributed by atoms with Crippen LogP contribution in [0.2, 0.25) is 5.02 Å². The summed E-state index contributed by atoms with van der Waals surface area (Å²) in [5.74, 6) is 0. The van der Waals surface area contributed by atoms with Crippen molar-refractivity contribution < 1.29 is 0 Å². The third kappa shape index (κ3) is 2.44. The number of hydrogen-bond acceptors (Lipinski definition) is 2. The van der Waals surface area contributed by atoms with Crippen LogP contribution in [0.1, 0.15) is 18.4 Å². The fraction of sp³-hybridized carbons (Fsp3) is 0.500. The minimum atomic E-state index is 0.832. The summed E-state index contributed by atoms with van der Waals surface area (Å²) in [5.41, 5.74) is 2.43.